The van der Waals surface area contributed by atoms with E-state index in [0.29, 0.717) is 4.08 Å². The van der Waals surface area contributed by atoms with Crippen molar-refractivity contribution in [3.63, 3.8) is 0 Å². The minimum absolute atomic E-state index is 0.404. The first-order valence-electron chi connectivity index (χ1n) is 7.37. The Hall–Kier alpha value is -0.860. The molecular weight excluding hydrogens is 280 g/mol. The monoisotopic (exact) mass is 298 g/mol. The molecule has 102 valence electrons. The first kappa shape index (κ1) is 12.8. The van der Waals surface area contributed by atoms with Gasteiger partial charge in [0.05, 0.1) is 4.08 Å². The minimum Gasteiger partial charge on any atom is -0.107 e. The Morgan fingerprint density at radius 2 is 1.15 bits per heavy atom. The van der Waals surface area contributed by atoms with Crippen LogP contribution < -0.4 is 0 Å². The van der Waals surface area contributed by atoms with Gasteiger partial charge in [0.25, 0.3) is 0 Å². The molecule has 0 aliphatic heterocycles. The lowest BCUT2D eigenvalue weighted by Gasteiger charge is -2.20. The quantitative estimate of drug-likeness (QED) is 0.664. The maximum atomic E-state index is 2.26. The summed E-state index contributed by atoms with van der Waals surface area (Å²) in [4.78, 5) is 2.84. The molecule has 2 unspecified atom stereocenters. The molecule has 0 radical (unpaired) electrons. The van der Waals surface area contributed by atoms with Crippen molar-refractivity contribution in [2.45, 2.75) is 33.1 Å². The molecule has 2 fully saturated rings. The van der Waals surface area contributed by atoms with Gasteiger partial charge in [0.1, 0.15) is 0 Å². The molecule has 0 saturated heterocycles. The Bertz CT molecular complexity index is 525. The normalized spacial score (nSPS) is 26.2. The van der Waals surface area contributed by atoms with Gasteiger partial charge in [0.15, 0.2) is 0 Å². The van der Waals surface area contributed by atoms with Crippen molar-refractivity contribution in [3.05, 3.63) is 60.7 Å². The number of benzene rings is 2. The van der Waals surface area contributed by atoms with Gasteiger partial charge in [-0.25, -0.2) is 0 Å². The summed E-state index contributed by atoms with van der Waals surface area (Å²) in [6.07, 6.45) is 4.27. The second-order valence-corrected chi connectivity index (χ2v) is 8.66. The van der Waals surface area contributed by atoms with Crippen LogP contribution in [0.5, 0.6) is 0 Å². The minimum atomic E-state index is 0.404. The van der Waals surface area contributed by atoms with Gasteiger partial charge in [-0.15, -0.1) is 23.5 Å². The lowest BCUT2D eigenvalue weighted by atomic mass is 10.2. The van der Waals surface area contributed by atoms with E-state index in [4.69, 9.17) is 0 Å². The highest BCUT2D eigenvalue weighted by Crippen LogP contribution is 2.75. The molecule has 20 heavy (non-hydrogen) atoms. The lowest BCUT2D eigenvalue weighted by molar-refractivity contribution is 0.723. The van der Waals surface area contributed by atoms with E-state index in [-0.39, 0.29) is 0 Å². The highest BCUT2D eigenvalue weighted by molar-refractivity contribution is 8.18. The average molecular weight is 298 g/mol. The van der Waals surface area contributed by atoms with Gasteiger partial charge in [0, 0.05) is 9.79 Å². The summed E-state index contributed by atoms with van der Waals surface area (Å²) in [5.41, 5.74) is 0. The molecule has 0 bridgehead atoms. The Morgan fingerprint density at radius 3 is 1.60 bits per heavy atom. The molecule has 2 atom stereocenters. The Balaban J connectivity index is 1.60. The van der Waals surface area contributed by atoms with Crippen molar-refractivity contribution >= 4 is 23.5 Å². The van der Waals surface area contributed by atoms with E-state index < -0.39 is 0 Å². The molecular formula is C18H18S2. The maximum Gasteiger partial charge on any atom is 0.0767 e. The third kappa shape index (κ3) is 2.19. The molecule has 0 spiro atoms. The zero-order valence-electron chi connectivity index (χ0n) is 11.4. The van der Waals surface area contributed by atoms with Crippen molar-refractivity contribution in [2.75, 3.05) is 0 Å². The largest absolute Gasteiger partial charge is 0.107 e. The van der Waals surface area contributed by atoms with Crippen LogP contribution in [-0.2, 0) is 0 Å². The highest BCUT2D eigenvalue weighted by Gasteiger charge is 2.67. The van der Waals surface area contributed by atoms with Gasteiger partial charge in [-0.2, -0.15) is 0 Å². The molecule has 0 heterocycles. The number of hydrogen-bond donors (Lipinski definition) is 0. The van der Waals surface area contributed by atoms with Gasteiger partial charge < -0.3 is 0 Å². The molecule has 2 aliphatic carbocycles. The van der Waals surface area contributed by atoms with Crippen LogP contribution in [0.3, 0.4) is 0 Å². The van der Waals surface area contributed by atoms with Crippen molar-refractivity contribution in [3.8, 4) is 0 Å². The zero-order chi connectivity index (χ0) is 13.4. The summed E-state index contributed by atoms with van der Waals surface area (Å²) < 4.78 is 0.404. The molecule has 4 rings (SSSR count). The third-order valence-electron chi connectivity index (χ3n) is 4.48. The summed E-state index contributed by atoms with van der Waals surface area (Å²) in [7, 11) is 0. The van der Waals surface area contributed by atoms with Crippen LogP contribution in [0.4, 0.5) is 0 Å². The second kappa shape index (κ2) is 5.16. The summed E-state index contributed by atoms with van der Waals surface area (Å²) in [5.74, 6) is 1.83. The van der Waals surface area contributed by atoms with Gasteiger partial charge >= 0.3 is 0 Å². The highest BCUT2D eigenvalue weighted by atomic mass is 32.2. The van der Waals surface area contributed by atoms with Gasteiger partial charge in [-0.05, 0) is 48.9 Å². The number of hydrogen-bond acceptors (Lipinski definition) is 2. The summed E-state index contributed by atoms with van der Waals surface area (Å²) >= 11 is 4.21. The maximum absolute atomic E-state index is 2.26. The van der Waals surface area contributed by atoms with E-state index in [1.165, 1.54) is 29.1 Å². The molecule has 2 aromatic carbocycles. The number of rotatable bonds is 4. The standard InChI is InChI=1S/C18H18S2/c1-3-8-14(9-4-1)19-18(16-12-7-13-17(16)18)20-15-10-5-2-6-11-15/h1-6,8-11,16-17H,7,12-13H2. The molecule has 0 nitrogen and oxygen atoms in total. The van der Waals surface area contributed by atoms with E-state index in [1.54, 1.807) is 0 Å². The fraction of sp³-hybridized carbons (Fsp3) is 0.333. The molecule has 0 amide bonds. The molecule has 2 aliphatic rings. The predicted molar refractivity (Wildman–Crippen MR) is 88.2 cm³/mol. The van der Waals surface area contributed by atoms with Crippen molar-refractivity contribution in [1.29, 1.82) is 0 Å². The van der Waals surface area contributed by atoms with Crippen molar-refractivity contribution in [1.82, 2.24) is 0 Å². The first-order chi connectivity index (χ1) is 9.88. The molecule has 0 N–H and O–H groups in total. The van der Waals surface area contributed by atoms with Gasteiger partial charge in [-0.1, -0.05) is 42.8 Å². The molecule has 2 heteroatoms. The first-order valence-corrected chi connectivity index (χ1v) is 9.00. The number of fused-ring (bicyclic) bond motifs is 1. The van der Waals surface area contributed by atoms with Crippen molar-refractivity contribution in [2.24, 2.45) is 11.8 Å². The second-order valence-electron chi connectivity index (χ2n) is 5.70. The van der Waals surface area contributed by atoms with Crippen LogP contribution in [0.1, 0.15) is 19.3 Å². The summed E-state index contributed by atoms with van der Waals surface area (Å²) in [6, 6.07) is 21.9. The smallest absolute Gasteiger partial charge is 0.0767 e. The Labute approximate surface area is 129 Å². The van der Waals surface area contributed by atoms with Gasteiger partial charge in [-0.3, -0.25) is 0 Å². The van der Waals surface area contributed by atoms with Crippen molar-refractivity contribution < 1.29 is 0 Å². The average Bonchev–Trinajstić information content (AvgIpc) is 2.88. The van der Waals surface area contributed by atoms with Crippen LogP contribution >= 0.6 is 23.5 Å². The third-order valence-corrected chi connectivity index (χ3v) is 7.85. The van der Waals surface area contributed by atoms with Crippen LogP contribution in [0.25, 0.3) is 0 Å². The lowest BCUT2D eigenvalue weighted by Crippen LogP contribution is -2.06. The van der Waals surface area contributed by atoms with E-state index in [2.05, 4.69) is 84.2 Å². The van der Waals surface area contributed by atoms with E-state index in [9.17, 15) is 0 Å². The fourth-order valence-electron chi connectivity index (χ4n) is 3.51. The predicted octanol–water partition coefficient (Wildman–Crippen LogP) is 5.70. The zero-order valence-corrected chi connectivity index (χ0v) is 13.0. The van der Waals surface area contributed by atoms with Crippen LogP contribution in [0.2, 0.25) is 0 Å². The van der Waals surface area contributed by atoms with Crippen LogP contribution in [-0.4, -0.2) is 4.08 Å². The van der Waals surface area contributed by atoms with Gasteiger partial charge in [0.2, 0.25) is 0 Å². The van der Waals surface area contributed by atoms with E-state index >= 15 is 0 Å². The molecule has 0 aromatic heterocycles. The fourth-order valence-corrected chi connectivity index (χ4v) is 7.18. The van der Waals surface area contributed by atoms with Crippen LogP contribution in [0.15, 0.2) is 70.5 Å². The van der Waals surface area contributed by atoms with Crippen LogP contribution in [0, 0.1) is 11.8 Å². The molecule has 2 saturated carbocycles. The summed E-state index contributed by atoms with van der Waals surface area (Å²) in [6.45, 7) is 0. The molecule has 2 aromatic rings. The van der Waals surface area contributed by atoms with E-state index in [1.807, 2.05) is 0 Å². The topological polar surface area (TPSA) is 0 Å². The number of thioether (sulfide) groups is 2. The Kier molecular flexibility index (Phi) is 3.31. The SMILES string of the molecule is c1ccc(SC2(Sc3ccccc3)C3CCCC32)cc1. The summed E-state index contributed by atoms with van der Waals surface area (Å²) in [5, 5.41) is 0. The Morgan fingerprint density at radius 1 is 0.700 bits per heavy atom. The van der Waals surface area contributed by atoms with E-state index in [0.717, 1.165) is 11.8 Å².